The molecule has 0 aliphatic heterocycles. The van der Waals surface area contributed by atoms with Crippen molar-refractivity contribution >= 4 is 11.9 Å². The molecule has 0 heterocycles. The van der Waals surface area contributed by atoms with E-state index in [1.807, 2.05) is 59.1 Å². The maximum atomic E-state index is 11.9. The zero-order valence-electron chi connectivity index (χ0n) is 16.8. The number of rotatable bonds is 8. The lowest BCUT2D eigenvalue weighted by atomic mass is 10.1. The number of likely N-dealkylation sites (N-methyl/N-ethyl adjacent to an activating group) is 1. The number of hydrogen-bond acceptors (Lipinski definition) is 4. The van der Waals surface area contributed by atoms with E-state index >= 15 is 0 Å². The van der Waals surface area contributed by atoms with Crippen LogP contribution in [0.25, 0.3) is 0 Å². The van der Waals surface area contributed by atoms with E-state index in [2.05, 4.69) is 25.8 Å². The molecule has 1 amide bonds. The first-order valence-corrected chi connectivity index (χ1v) is 8.81. The minimum absolute atomic E-state index is 0.0725. The topological polar surface area (TPSA) is 78.0 Å². The van der Waals surface area contributed by atoms with E-state index in [9.17, 15) is 4.79 Å². The fourth-order valence-corrected chi connectivity index (χ4v) is 2.12. The molecule has 1 rings (SSSR count). The van der Waals surface area contributed by atoms with Gasteiger partial charge >= 0.3 is 0 Å². The molecule has 7 nitrogen and oxygen atoms in total. The van der Waals surface area contributed by atoms with Gasteiger partial charge in [0.05, 0.1) is 6.54 Å². The van der Waals surface area contributed by atoms with Crippen LogP contribution in [0.15, 0.2) is 29.3 Å². The predicted molar refractivity (Wildman–Crippen MR) is 107 cm³/mol. The van der Waals surface area contributed by atoms with Gasteiger partial charge in [-0.05, 0) is 52.6 Å². The van der Waals surface area contributed by atoms with Gasteiger partial charge in [-0.2, -0.15) is 0 Å². The molecule has 0 aliphatic rings. The summed E-state index contributed by atoms with van der Waals surface area (Å²) in [6, 6.07) is 7.94. The number of hydrogen-bond donors (Lipinski definition) is 3. The molecule has 0 saturated carbocycles. The number of ether oxygens (including phenoxy) is 1. The smallest absolute Gasteiger partial charge is 0.239 e. The molecule has 0 atom stereocenters. The number of guanidine groups is 1. The van der Waals surface area contributed by atoms with Crippen molar-refractivity contribution in [3.63, 3.8) is 0 Å². The molecule has 1 aromatic rings. The molecule has 0 aromatic heterocycles. The minimum Gasteiger partial charge on any atom is -0.492 e. The highest BCUT2D eigenvalue weighted by Crippen LogP contribution is 2.13. The molecule has 7 heteroatoms. The van der Waals surface area contributed by atoms with Crippen LogP contribution in [0.3, 0.4) is 0 Å². The first-order chi connectivity index (χ1) is 12.2. The van der Waals surface area contributed by atoms with Crippen molar-refractivity contribution in [1.29, 1.82) is 0 Å². The second-order valence-electron chi connectivity index (χ2n) is 7.38. The van der Waals surface area contributed by atoms with Crippen molar-refractivity contribution in [3.8, 4) is 5.75 Å². The average Bonchev–Trinajstić information content (AvgIpc) is 2.53. The van der Waals surface area contributed by atoms with Crippen LogP contribution in [-0.2, 0) is 11.3 Å². The summed E-state index contributed by atoms with van der Waals surface area (Å²) < 4.78 is 5.75. The van der Waals surface area contributed by atoms with Gasteiger partial charge in [-0.25, -0.2) is 0 Å². The van der Waals surface area contributed by atoms with Crippen molar-refractivity contribution in [3.05, 3.63) is 29.8 Å². The summed E-state index contributed by atoms with van der Waals surface area (Å²) >= 11 is 0. The number of carbonyl (C=O) groups excluding carboxylic acids is 1. The van der Waals surface area contributed by atoms with Gasteiger partial charge in [-0.1, -0.05) is 12.1 Å². The molecule has 26 heavy (non-hydrogen) atoms. The van der Waals surface area contributed by atoms with Crippen molar-refractivity contribution in [2.24, 2.45) is 4.99 Å². The lowest BCUT2D eigenvalue weighted by Crippen LogP contribution is -2.48. The quantitative estimate of drug-likeness (QED) is 0.478. The van der Waals surface area contributed by atoms with Gasteiger partial charge in [-0.15, -0.1) is 0 Å². The highest BCUT2D eigenvalue weighted by molar-refractivity contribution is 5.86. The molecule has 0 unspecified atom stereocenters. The Morgan fingerprint density at radius 1 is 1.23 bits per heavy atom. The Morgan fingerprint density at radius 3 is 2.58 bits per heavy atom. The van der Waals surface area contributed by atoms with Crippen LogP contribution in [0.2, 0.25) is 0 Å². The first-order valence-electron chi connectivity index (χ1n) is 8.81. The number of benzene rings is 1. The van der Waals surface area contributed by atoms with Crippen LogP contribution in [0.4, 0.5) is 0 Å². The van der Waals surface area contributed by atoms with E-state index in [-0.39, 0.29) is 18.0 Å². The van der Waals surface area contributed by atoms with E-state index < -0.39 is 0 Å². The number of amides is 1. The molecule has 146 valence electrons. The molecule has 0 aliphatic carbocycles. The maximum absolute atomic E-state index is 11.9. The summed E-state index contributed by atoms with van der Waals surface area (Å²) in [5.74, 6) is 1.35. The van der Waals surface area contributed by atoms with Crippen molar-refractivity contribution in [1.82, 2.24) is 20.9 Å². The number of aliphatic imine (C=N–C) groups is 1. The van der Waals surface area contributed by atoms with Gasteiger partial charge in [-0.3, -0.25) is 9.79 Å². The number of nitrogens with zero attached hydrogens (tertiary/aromatic N) is 2. The highest BCUT2D eigenvalue weighted by Gasteiger charge is 2.13. The standard InChI is InChI=1S/C19H33N5O2/c1-19(2,3)23-17(25)14-22-18(20-4)21-13-15-8-7-9-16(12-15)26-11-10-24(5)6/h7-9,12H,10-11,13-14H2,1-6H3,(H,23,25)(H2,20,21,22). The second kappa shape index (κ2) is 10.7. The summed E-state index contributed by atoms with van der Waals surface area (Å²) in [5, 5.41) is 9.12. The zero-order chi connectivity index (χ0) is 19.6. The molecule has 0 saturated heterocycles. The highest BCUT2D eigenvalue weighted by atomic mass is 16.5. The van der Waals surface area contributed by atoms with Crippen LogP contribution in [0.5, 0.6) is 5.75 Å². The minimum atomic E-state index is -0.247. The summed E-state index contributed by atoms with van der Waals surface area (Å²) in [5.41, 5.74) is 0.831. The largest absolute Gasteiger partial charge is 0.492 e. The van der Waals surface area contributed by atoms with Gasteiger partial charge < -0.3 is 25.6 Å². The molecule has 3 N–H and O–H groups in total. The van der Waals surface area contributed by atoms with E-state index in [1.165, 1.54) is 0 Å². The van der Waals surface area contributed by atoms with Gasteiger partial charge in [0, 0.05) is 25.7 Å². The SMILES string of the molecule is CN=C(NCC(=O)NC(C)(C)C)NCc1cccc(OCCN(C)C)c1. The second-order valence-corrected chi connectivity index (χ2v) is 7.38. The number of carbonyl (C=O) groups is 1. The Hall–Kier alpha value is -2.28. The lowest BCUT2D eigenvalue weighted by Gasteiger charge is -2.21. The third-order valence-corrected chi connectivity index (χ3v) is 3.32. The van der Waals surface area contributed by atoms with Gasteiger partial charge in [0.15, 0.2) is 5.96 Å². The van der Waals surface area contributed by atoms with Crippen molar-refractivity contribution in [2.45, 2.75) is 32.9 Å². The summed E-state index contributed by atoms with van der Waals surface area (Å²) in [6.07, 6.45) is 0. The van der Waals surface area contributed by atoms with Crippen LogP contribution in [0.1, 0.15) is 26.3 Å². The Bertz CT molecular complexity index is 594. The monoisotopic (exact) mass is 363 g/mol. The fourth-order valence-electron chi connectivity index (χ4n) is 2.12. The fraction of sp³-hybridized carbons (Fsp3) is 0.579. The summed E-state index contributed by atoms with van der Waals surface area (Å²) in [6.45, 7) is 8.13. The molecule has 0 spiro atoms. The Morgan fingerprint density at radius 2 is 1.96 bits per heavy atom. The summed E-state index contributed by atoms with van der Waals surface area (Å²) in [4.78, 5) is 18.1. The molecule has 1 aromatic carbocycles. The Labute approximate surface area is 157 Å². The van der Waals surface area contributed by atoms with Gasteiger partial charge in [0.2, 0.25) is 5.91 Å². The molecular formula is C19H33N5O2. The van der Waals surface area contributed by atoms with Crippen molar-refractivity contribution < 1.29 is 9.53 Å². The summed E-state index contributed by atoms with van der Waals surface area (Å²) in [7, 11) is 5.71. The first kappa shape index (κ1) is 21.8. The van der Waals surface area contributed by atoms with Crippen LogP contribution < -0.4 is 20.7 Å². The van der Waals surface area contributed by atoms with Crippen LogP contribution in [0, 0.1) is 0 Å². The lowest BCUT2D eigenvalue weighted by molar-refractivity contribution is -0.121. The van der Waals surface area contributed by atoms with E-state index in [0.29, 0.717) is 19.1 Å². The van der Waals surface area contributed by atoms with Crippen molar-refractivity contribution in [2.75, 3.05) is 40.8 Å². The third-order valence-electron chi connectivity index (χ3n) is 3.32. The van der Waals surface area contributed by atoms with Crippen LogP contribution in [-0.4, -0.2) is 63.1 Å². The third kappa shape index (κ3) is 9.88. The average molecular weight is 364 g/mol. The van der Waals surface area contributed by atoms with E-state index in [0.717, 1.165) is 17.9 Å². The van der Waals surface area contributed by atoms with Crippen LogP contribution >= 0.6 is 0 Å². The normalized spacial score (nSPS) is 12.0. The predicted octanol–water partition coefficient (Wildman–Crippen LogP) is 1.21. The maximum Gasteiger partial charge on any atom is 0.239 e. The molecule has 0 fully saturated rings. The van der Waals surface area contributed by atoms with E-state index in [4.69, 9.17) is 4.74 Å². The molecular weight excluding hydrogens is 330 g/mol. The Balaban J connectivity index is 2.44. The van der Waals surface area contributed by atoms with E-state index in [1.54, 1.807) is 7.05 Å². The Kier molecular flexibility index (Phi) is 8.92. The molecule has 0 bridgehead atoms. The number of nitrogens with one attached hydrogen (secondary N) is 3. The zero-order valence-corrected chi connectivity index (χ0v) is 16.8. The van der Waals surface area contributed by atoms with Gasteiger partial charge in [0.25, 0.3) is 0 Å². The van der Waals surface area contributed by atoms with Gasteiger partial charge in [0.1, 0.15) is 12.4 Å². The molecule has 0 radical (unpaired) electrons.